The molecular weight excluding hydrogens is 227 g/mol. The third-order valence-corrected chi connectivity index (χ3v) is 9.94. The first-order chi connectivity index (χ1) is 3.63. The van der Waals surface area contributed by atoms with Gasteiger partial charge < -0.3 is 0 Å². The van der Waals surface area contributed by atoms with Crippen molar-refractivity contribution in [3.05, 3.63) is 20.9 Å². The molecule has 0 bridgehead atoms. The van der Waals surface area contributed by atoms with E-state index in [2.05, 4.69) is 0 Å². The molecule has 0 saturated heterocycles. The zero-order valence-electron chi connectivity index (χ0n) is 3.87. The van der Waals surface area contributed by atoms with Crippen LogP contribution in [0.2, 0.25) is 0 Å². The second kappa shape index (κ2) is 2.26. The van der Waals surface area contributed by atoms with Gasteiger partial charge in [0.05, 0.1) is 0 Å². The van der Waals surface area contributed by atoms with Crippen LogP contribution in [0, 0.1) is 0 Å². The second-order valence-electron chi connectivity index (χ2n) is 1.50. The van der Waals surface area contributed by atoms with E-state index in [1.165, 1.54) is 0 Å². The molecule has 0 aromatic carbocycles. The van der Waals surface area contributed by atoms with Crippen molar-refractivity contribution in [1.82, 2.24) is 0 Å². The molecule has 0 spiro atoms. The van der Waals surface area contributed by atoms with Gasteiger partial charge in [-0.1, -0.05) is 0 Å². The fourth-order valence-electron chi connectivity index (χ4n) is 0.444. The predicted octanol–water partition coefficient (Wildman–Crippen LogP) is 2.68. The van der Waals surface area contributed by atoms with Crippen LogP contribution in [0.1, 0.15) is 0 Å². The summed E-state index contributed by atoms with van der Waals surface area (Å²) in [5.74, 6) is 0. The zero-order chi connectivity index (χ0) is 6.20. The van der Waals surface area contributed by atoms with E-state index in [4.69, 9.17) is 31.6 Å². The van der Waals surface area contributed by atoms with E-state index >= 15 is 0 Å². The quantitative estimate of drug-likeness (QED) is 0.561. The van der Waals surface area contributed by atoms with Gasteiger partial charge in [0.1, 0.15) is 0 Å². The molecule has 0 amide bonds. The minimum atomic E-state index is -2.71. The molecule has 0 fully saturated rings. The molecule has 1 aliphatic rings. The zero-order valence-corrected chi connectivity index (χ0v) is 8.23. The summed E-state index contributed by atoms with van der Waals surface area (Å²) in [7, 11) is 11.6. The maximum absolute atomic E-state index is 5.78. The average molecular weight is 230 g/mol. The molecule has 1 heterocycles. The van der Waals surface area contributed by atoms with E-state index < -0.39 is 11.4 Å². The van der Waals surface area contributed by atoms with Crippen molar-refractivity contribution < 1.29 is 0 Å². The topological polar surface area (TPSA) is 0 Å². The van der Waals surface area contributed by atoms with Crippen molar-refractivity contribution in [2.24, 2.45) is 0 Å². The van der Waals surface area contributed by atoms with Crippen LogP contribution in [0.15, 0.2) is 20.9 Å². The predicted molar refractivity (Wildman–Crippen MR) is 40.5 cm³/mol. The van der Waals surface area contributed by atoms with E-state index in [1.807, 2.05) is 11.0 Å². The van der Waals surface area contributed by atoms with Gasteiger partial charge in [-0.2, -0.15) is 0 Å². The molecule has 1 aliphatic heterocycles. The molecule has 1 rings (SSSR count). The number of allylic oxidation sites excluding steroid dienone is 2. The van der Waals surface area contributed by atoms with E-state index in [0.717, 1.165) is 0 Å². The molecule has 0 atom stereocenters. The van der Waals surface area contributed by atoms with Crippen molar-refractivity contribution in [3.63, 3.8) is 0 Å². The summed E-state index contributed by atoms with van der Waals surface area (Å²) < 4.78 is 0.647. The van der Waals surface area contributed by atoms with Crippen LogP contribution < -0.4 is 0 Å². The Morgan fingerprint density at radius 3 is 2.12 bits per heavy atom. The second-order valence-corrected chi connectivity index (χ2v) is 14.2. The van der Waals surface area contributed by atoms with Crippen LogP contribution in [0.3, 0.4) is 0 Å². The van der Waals surface area contributed by atoms with Crippen LogP contribution in [-0.4, -0.2) is 11.4 Å². The van der Waals surface area contributed by atoms with Crippen LogP contribution >= 0.6 is 31.6 Å². The molecule has 0 aromatic rings. The Labute approximate surface area is 63.8 Å². The molecule has 0 saturated carbocycles. The Morgan fingerprint density at radius 1 is 1.38 bits per heavy atom. The van der Waals surface area contributed by atoms with Gasteiger partial charge in [-0.05, 0) is 0 Å². The van der Waals surface area contributed by atoms with Gasteiger partial charge in [-0.3, -0.25) is 0 Å². The normalized spacial score (nSPS) is 23.6. The Morgan fingerprint density at radius 2 is 2.00 bits per heavy atom. The molecule has 0 unspecified atom stereocenters. The number of hydrogen-bond donors (Lipinski definition) is 0. The van der Waals surface area contributed by atoms with Crippen molar-refractivity contribution in [3.8, 4) is 0 Å². The van der Waals surface area contributed by atoms with E-state index in [0.29, 0.717) is 3.86 Å². The summed E-state index contributed by atoms with van der Waals surface area (Å²) in [6.45, 7) is 0. The fourth-order valence-corrected chi connectivity index (χ4v) is 3.97. The summed E-state index contributed by atoms with van der Waals surface area (Å²) >= 11 is 2.92. The van der Waals surface area contributed by atoms with Crippen LogP contribution in [0.5, 0.6) is 0 Å². The molecule has 0 nitrogen and oxygen atoms in total. The SMILES string of the molecule is Cl[C]1=CC=[CH][Ge]1([Cl])[Cl]. The van der Waals surface area contributed by atoms with Gasteiger partial charge in [0.2, 0.25) is 0 Å². The first-order valence-corrected chi connectivity index (χ1v) is 10.2. The van der Waals surface area contributed by atoms with Crippen LogP contribution in [0.25, 0.3) is 0 Å². The van der Waals surface area contributed by atoms with Gasteiger partial charge in [0, 0.05) is 0 Å². The Balaban J connectivity index is 2.87. The third kappa shape index (κ3) is 1.24. The standard InChI is InChI=1S/C4H3Cl3Ge/c5-4-2-1-3-8(4,6)7/h1-3H. The fraction of sp³-hybridized carbons (Fsp3) is 0. The van der Waals surface area contributed by atoms with Crippen molar-refractivity contribution >= 4 is 43.0 Å². The molecule has 8 heavy (non-hydrogen) atoms. The van der Waals surface area contributed by atoms with Crippen LogP contribution in [0.4, 0.5) is 0 Å². The van der Waals surface area contributed by atoms with Crippen molar-refractivity contribution in [1.29, 1.82) is 0 Å². The summed E-state index contributed by atoms with van der Waals surface area (Å²) in [6.07, 6.45) is 3.56. The number of hydrogen-bond acceptors (Lipinski definition) is 0. The van der Waals surface area contributed by atoms with E-state index in [1.54, 1.807) is 6.08 Å². The maximum atomic E-state index is 5.78. The van der Waals surface area contributed by atoms with Crippen molar-refractivity contribution in [2.45, 2.75) is 0 Å². The number of halogens is 3. The first-order valence-electron chi connectivity index (χ1n) is 2.06. The van der Waals surface area contributed by atoms with E-state index in [9.17, 15) is 0 Å². The van der Waals surface area contributed by atoms with Gasteiger partial charge in [-0.25, -0.2) is 0 Å². The Hall–Kier alpha value is 0.893. The number of rotatable bonds is 0. The first kappa shape index (κ1) is 7.01. The van der Waals surface area contributed by atoms with E-state index in [-0.39, 0.29) is 0 Å². The van der Waals surface area contributed by atoms with Gasteiger partial charge in [0.25, 0.3) is 0 Å². The molecule has 4 heteroatoms. The van der Waals surface area contributed by atoms with Gasteiger partial charge in [-0.15, -0.1) is 0 Å². The Kier molecular flexibility index (Phi) is 1.98. The molecular formula is C4H3Cl3Ge. The monoisotopic (exact) mass is 230 g/mol. The summed E-state index contributed by atoms with van der Waals surface area (Å²) in [4.78, 5) is 1.81. The third-order valence-electron chi connectivity index (χ3n) is 0.867. The molecule has 44 valence electrons. The Bertz CT molecular complexity index is 159. The van der Waals surface area contributed by atoms with Crippen molar-refractivity contribution in [2.75, 3.05) is 0 Å². The molecule has 0 radical (unpaired) electrons. The molecule has 0 N–H and O–H groups in total. The van der Waals surface area contributed by atoms with Gasteiger partial charge >= 0.3 is 64.0 Å². The molecule has 0 aliphatic carbocycles. The average Bonchev–Trinajstić information content (AvgIpc) is 1.86. The van der Waals surface area contributed by atoms with Crippen LogP contribution in [-0.2, 0) is 0 Å². The van der Waals surface area contributed by atoms with Gasteiger partial charge in [0.15, 0.2) is 0 Å². The summed E-state index contributed by atoms with van der Waals surface area (Å²) in [5.41, 5.74) is 0. The minimum absolute atomic E-state index is 0.647. The molecule has 0 aromatic heterocycles. The summed E-state index contributed by atoms with van der Waals surface area (Å²) in [6, 6.07) is 0. The summed E-state index contributed by atoms with van der Waals surface area (Å²) in [5, 5.41) is 0.